The van der Waals surface area contributed by atoms with Gasteiger partial charge < -0.3 is 15.1 Å². The fourth-order valence-corrected chi connectivity index (χ4v) is 5.03. The molecule has 2 aromatic rings. The van der Waals surface area contributed by atoms with E-state index in [2.05, 4.69) is 33.4 Å². The molecule has 0 spiro atoms. The number of imide groups is 1. The third-order valence-electron chi connectivity index (χ3n) is 6.04. The molecule has 0 unspecified atom stereocenters. The van der Waals surface area contributed by atoms with Crippen LogP contribution in [0, 0.1) is 0 Å². The number of carbonyl (C=O) groups excluding carboxylic acids is 3. The van der Waals surface area contributed by atoms with Crippen molar-refractivity contribution >= 4 is 41.1 Å². The molecule has 10 heteroatoms. The Morgan fingerprint density at radius 1 is 1.05 bits per heavy atom. The number of nitrogens with one attached hydrogen (secondary N) is 1. The van der Waals surface area contributed by atoms with Crippen LogP contribution in [-0.4, -0.2) is 64.8 Å². The van der Waals surface area contributed by atoms with Crippen LogP contribution in [-0.2, 0) is 16.1 Å². The molecule has 0 aliphatic heterocycles. The van der Waals surface area contributed by atoms with E-state index in [1.54, 1.807) is 49.6 Å². The molecule has 1 aliphatic carbocycles. The van der Waals surface area contributed by atoms with Crippen LogP contribution in [0.15, 0.2) is 71.3 Å². The Kier molecular flexibility index (Phi) is 13.9. The molecular formula is C32H44FN5O3S. The highest BCUT2D eigenvalue weighted by molar-refractivity contribution is 8.00. The number of hydrogen-bond acceptors (Lipinski definition) is 6. The van der Waals surface area contributed by atoms with Crippen molar-refractivity contribution in [3.63, 3.8) is 0 Å². The Morgan fingerprint density at radius 3 is 2.33 bits per heavy atom. The van der Waals surface area contributed by atoms with Crippen LogP contribution in [0.1, 0.15) is 59.4 Å². The maximum Gasteiger partial charge on any atom is 0.331 e. The molecule has 1 N–H and O–H groups in total. The van der Waals surface area contributed by atoms with Crippen molar-refractivity contribution in [2.45, 2.75) is 70.3 Å². The zero-order valence-electron chi connectivity index (χ0n) is 25.8. The van der Waals surface area contributed by atoms with Gasteiger partial charge in [0.1, 0.15) is 5.82 Å². The molecule has 4 amide bonds. The van der Waals surface area contributed by atoms with Crippen molar-refractivity contribution in [3.8, 4) is 0 Å². The molecule has 0 atom stereocenters. The van der Waals surface area contributed by atoms with Gasteiger partial charge in [0.2, 0.25) is 11.8 Å². The van der Waals surface area contributed by atoms with Crippen LogP contribution in [0.5, 0.6) is 0 Å². The number of alkyl halides is 1. The molecule has 3 rings (SSSR count). The summed E-state index contributed by atoms with van der Waals surface area (Å²) in [4.78, 5) is 47.7. The molecule has 0 saturated heterocycles. The molecule has 8 nitrogen and oxygen atoms in total. The summed E-state index contributed by atoms with van der Waals surface area (Å²) < 4.78 is 14.0. The lowest BCUT2D eigenvalue weighted by Gasteiger charge is -2.26. The number of halogens is 1. The summed E-state index contributed by atoms with van der Waals surface area (Å²) in [7, 11) is 3.59. The highest BCUT2D eigenvalue weighted by Gasteiger charge is 2.25. The lowest BCUT2D eigenvalue weighted by molar-refractivity contribution is -0.117. The second-order valence-corrected chi connectivity index (χ2v) is 11.9. The molecule has 228 valence electrons. The maximum absolute atomic E-state index is 14.0. The van der Waals surface area contributed by atoms with Crippen molar-refractivity contribution in [1.82, 2.24) is 14.8 Å². The summed E-state index contributed by atoms with van der Waals surface area (Å²) in [5.41, 5.74) is 2.41. The van der Waals surface area contributed by atoms with Crippen LogP contribution in [0.3, 0.4) is 0 Å². The van der Waals surface area contributed by atoms with Gasteiger partial charge >= 0.3 is 6.03 Å². The largest absolute Gasteiger partial charge is 0.331 e. The number of likely N-dealkylation sites (N-methyl/N-ethyl adjacent to an activating group) is 1. The average Bonchev–Trinajstić information content (AvgIpc) is 2.94. The molecule has 0 fully saturated rings. The summed E-state index contributed by atoms with van der Waals surface area (Å²) >= 11 is 1.05. The van der Waals surface area contributed by atoms with E-state index in [-0.39, 0.29) is 12.5 Å². The second-order valence-electron chi connectivity index (χ2n) is 10.3. The first kappa shape index (κ1) is 34.7. The maximum atomic E-state index is 14.0. The Bertz CT molecular complexity index is 1260. The number of rotatable bonds is 11. The Labute approximate surface area is 254 Å². The lowest BCUT2D eigenvalue weighted by Crippen LogP contribution is -2.43. The summed E-state index contributed by atoms with van der Waals surface area (Å²) in [6, 6.07) is 9.58. The second kappa shape index (κ2) is 16.8. The number of carbonyl (C=O) groups is 3. The molecule has 1 aromatic heterocycles. The topological polar surface area (TPSA) is 85.9 Å². The Hall–Kier alpha value is -3.50. The van der Waals surface area contributed by atoms with Gasteiger partial charge in [-0.05, 0) is 81.3 Å². The number of hydrogen-bond donors (Lipinski definition) is 1. The quantitative estimate of drug-likeness (QED) is 0.280. The summed E-state index contributed by atoms with van der Waals surface area (Å²) in [5, 5.41) is 1.39. The molecule has 42 heavy (non-hydrogen) atoms. The van der Waals surface area contributed by atoms with Gasteiger partial charge in [-0.25, -0.2) is 19.1 Å². The predicted octanol–water partition coefficient (Wildman–Crippen LogP) is 7.05. The number of thioether (sulfide) groups is 1. The molecule has 1 aromatic carbocycles. The van der Waals surface area contributed by atoms with Gasteiger partial charge in [0.05, 0.1) is 5.69 Å². The van der Waals surface area contributed by atoms with Gasteiger partial charge in [0.25, 0.3) is 0 Å². The van der Waals surface area contributed by atoms with Crippen molar-refractivity contribution in [3.05, 3.63) is 72.0 Å². The van der Waals surface area contributed by atoms with E-state index in [9.17, 15) is 18.8 Å². The number of nitrogens with zero attached hydrogens (tertiary/aromatic N) is 4. The molecule has 1 aliphatic rings. The number of anilines is 2. The van der Waals surface area contributed by atoms with E-state index < -0.39 is 16.9 Å². The first-order valence-corrected chi connectivity index (χ1v) is 15.1. The standard InChI is InChI=1S/C30H38FN5O3S.C2H6/c1-22(37)36(25-11-13-26(14-12-25)40-30(2,3)31)29(39)35(5)21-24-15-17-32-27(19-24)33-28(38)16-18-34(4)20-23-9-7-6-8-10-23;1-2/h7,9-15,17,19H,6,8,16,18,20-21H2,1-5H3,(H,32,33,38);1-2H3. The van der Waals surface area contributed by atoms with Gasteiger partial charge in [0, 0.05) is 51.1 Å². The van der Waals surface area contributed by atoms with Gasteiger partial charge in [-0.1, -0.05) is 43.8 Å². The lowest BCUT2D eigenvalue weighted by atomic mass is 10.1. The highest BCUT2D eigenvalue weighted by Crippen LogP contribution is 2.34. The third kappa shape index (κ3) is 11.8. The van der Waals surface area contributed by atoms with E-state index in [1.807, 2.05) is 20.9 Å². The van der Waals surface area contributed by atoms with Gasteiger partial charge in [-0.15, -0.1) is 0 Å². The van der Waals surface area contributed by atoms with E-state index in [0.29, 0.717) is 29.4 Å². The van der Waals surface area contributed by atoms with E-state index in [1.165, 1.54) is 31.2 Å². The predicted molar refractivity (Wildman–Crippen MR) is 170 cm³/mol. The van der Waals surface area contributed by atoms with Crippen molar-refractivity contribution in [2.24, 2.45) is 0 Å². The minimum Gasteiger partial charge on any atom is -0.323 e. The molecular weight excluding hydrogens is 553 g/mol. The number of benzene rings is 1. The van der Waals surface area contributed by atoms with Crippen LogP contribution >= 0.6 is 11.8 Å². The highest BCUT2D eigenvalue weighted by atomic mass is 32.2. The van der Waals surface area contributed by atoms with Crippen LogP contribution in [0.4, 0.5) is 20.7 Å². The van der Waals surface area contributed by atoms with Crippen molar-refractivity contribution < 1.29 is 18.8 Å². The monoisotopic (exact) mass is 597 g/mol. The Morgan fingerprint density at radius 2 is 1.74 bits per heavy atom. The van der Waals surface area contributed by atoms with Crippen molar-refractivity contribution in [1.29, 1.82) is 0 Å². The summed E-state index contributed by atoms with van der Waals surface area (Å²) in [5.74, 6) is -0.183. The molecule has 1 heterocycles. The Balaban J connectivity index is 0.00000301. The zero-order valence-corrected chi connectivity index (χ0v) is 26.6. The van der Waals surface area contributed by atoms with Crippen LogP contribution in [0.25, 0.3) is 0 Å². The summed E-state index contributed by atoms with van der Waals surface area (Å²) in [6.45, 7) is 9.86. The van der Waals surface area contributed by atoms with Crippen LogP contribution in [0.2, 0.25) is 0 Å². The summed E-state index contributed by atoms with van der Waals surface area (Å²) in [6.07, 6.45) is 10.6. The third-order valence-corrected chi connectivity index (χ3v) is 7.04. The molecule has 0 bridgehead atoms. The fourth-order valence-electron chi connectivity index (χ4n) is 4.20. The fraction of sp³-hybridized carbons (Fsp3) is 0.438. The van der Waals surface area contributed by atoms with E-state index >= 15 is 0 Å². The van der Waals surface area contributed by atoms with Crippen LogP contribution < -0.4 is 10.2 Å². The van der Waals surface area contributed by atoms with Gasteiger partial charge in [-0.2, -0.15) is 0 Å². The number of urea groups is 1. The smallest absolute Gasteiger partial charge is 0.323 e. The normalized spacial score (nSPS) is 12.6. The number of pyridine rings is 1. The zero-order chi connectivity index (χ0) is 31.3. The number of allylic oxidation sites excluding steroid dienone is 2. The van der Waals surface area contributed by atoms with E-state index in [4.69, 9.17) is 0 Å². The van der Waals surface area contributed by atoms with Crippen molar-refractivity contribution in [2.75, 3.05) is 37.4 Å². The first-order chi connectivity index (χ1) is 19.9. The molecule has 0 radical (unpaired) electrons. The average molecular weight is 598 g/mol. The number of aromatic nitrogens is 1. The molecule has 0 saturated carbocycles. The first-order valence-electron chi connectivity index (χ1n) is 14.2. The minimum atomic E-state index is -1.44. The number of amides is 4. The minimum absolute atomic E-state index is 0.144. The SMILES string of the molecule is CC.CC(=O)N(C(=O)N(C)Cc1ccnc(NC(=O)CCN(C)CC2=CCCC=C2)c1)c1ccc(SC(C)(C)F)cc1. The van der Waals surface area contributed by atoms with E-state index in [0.717, 1.165) is 41.6 Å². The van der Waals surface area contributed by atoms with Gasteiger partial charge in [0.15, 0.2) is 5.00 Å². The van der Waals surface area contributed by atoms with Gasteiger partial charge in [-0.3, -0.25) is 9.59 Å².